The summed E-state index contributed by atoms with van der Waals surface area (Å²) in [5.41, 5.74) is 3.24. The summed E-state index contributed by atoms with van der Waals surface area (Å²) in [5.74, 6) is 5.48. The van der Waals surface area contributed by atoms with Gasteiger partial charge >= 0.3 is 0 Å². The molecule has 1 saturated heterocycles. The Morgan fingerprint density at radius 3 is 2.70 bits per heavy atom. The van der Waals surface area contributed by atoms with E-state index in [2.05, 4.69) is 29.2 Å². The lowest BCUT2D eigenvalue weighted by Gasteiger charge is -2.47. The first-order valence-electron chi connectivity index (χ1n) is 7.44. The molecule has 3 N–H and O–H groups in total. The minimum Gasteiger partial charge on any atom is -0.296 e. The number of hydrogen-bond donors (Lipinski definition) is 2. The molecule has 0 aliphatic carbocycles. The standard InChI is InChI=1S/C15H25FN4/c1-3-15(2,20-9-5-4-6-10-20)14(19-17)12-7-8-18-11-13(12)16/h7-8,11,14,19H,3-6,9-10,17H2,1-2H3. The molecule has 1 fully saturated rings. The Bertz CT molecular complexity index is 434. The monoisotopic (exact) mass is 280 g/mol. The predicted molar refractivity (Wildman–Crippen MR) is 78.4 cm³/mol. The molecule has 0 radical (unpaired) electrons. The maximum Gasteiger partial charge on any atom is 0.146 e. The number of aromatic nitrogens is 1. The lowest BCUT2D eigenvalue weighted by molar-refractivity contribution is 0.0413. The lowest BCUT2D eigenvalue weighted by Crippen LogP contribution is -2.57. The van der Waals surface area contributed by atoms with E-state index < -0.39 is 0 Å². The van der Waals surface area contributed by atoms with Gasteiger partial charge in [-0.2, -0.15) is 0 Å². The summed E-state index contributed by atoms with van der Waals surface area (Å²) in [7, 11) is 0. The van der Waals surface area contributed by atoms with Crippen molar-refractivity contribution in [3.63, 3.8) is 0 Å². The van der Waals surface area contributed by atoms with Crippen LogP contribution in [0.4, 0.5) is 4.39 Å². The number of hydrogen-bond acceptors (Lipinski definition) is 4. The molecule has 2 heterocycles. The van der Waals surface area contributed by atoms with Crippen LogP contribution in [0, 0.1) is 5.82 Å². The summed E-state index contributed by atoms with van der Waals surface area (Å²) in [6.07, 6.45) is 7.46. The number of likely N-dealkylation sites (tertiary alicyclic amines) is 1. The van der Waals surface area contributed by atoms with Crippen LogP contribution in [0.5, 0.6) is 0 Å². The Morgan fingerprint density at radius 2 is 2.15 bits per heavy atom. The van der Waals surface area contributed by atoms with E-state index in [0.717, 1.165) is 19.5 Å². The molecular weight excluding hydrogens is 255 g/mol. The van der Waals surface area contributed by atoms with Crippen LogP contribution in [0.25, 0.3) is 0 Å². The molecule has 0 amide bonds. The Hall–Kier alpha value is -1.04. The molecule has 112 valence electrons. The Kier molecular flexibility index (Phi) is 5.07. The van der Waals surface area contributed by atoms with Crippen LogP contribution in [0.2, 0.25) is 0 Å². The summed E-state index contributed by atoms with van der Waals surface area (Å²) < 4.78 is 14.1. The molecule has 4 nitrogen and oxygen atoms in total. The molecule has 2 unspecified atom stereocenters. The number of piperidine rings is 1. The zero-order valence-corrected chi connectivity index (χ0v) is 12.4. The van der Waals surface area contributed by atoms with Crippen molar-refractivity contribution in [3.8, 4) is 0 Å². The van der Waals surface area contributed by atoms with Gasteiger partial charge in [-0.3, -0.25) is 21.2 Å². The van der Waals surface area contributed by atoms with Crippen molar-refractivity contribution in [2.45, 2.75) is 51.1 Å². The Labute approximate surface area is 120 Å². The molecule has 1 aromatic rings. The minimum atomic E-state index is -0.299. The molecule has 1 aliphatic heterocycles. The Balaban J connectivity index is 2.33. The van der Waals surface area contributed by atoms with Gasteiger partial charge in [0, 0.05) is 17.3 Å². The van der Waals surface area contributed by atoms with Gasteiger partial charge in [-0.15, -0.1) is 0 Å². The van der Waals surface area contributed by atoms with Crippen molar-refractivity contribution in [1.82, 2.24) is 15.3 Å². The first-order chi connectivity index (χ1) is 9.63. The maximum atomic E-state index is 14.1. The smallest absolute Gasteiger partial charge is 0.146 e. The second-order valence-corrected chi connectivity index (χ2v) is 5.76. The molecule has 5 heteroatoms. The molecule has 1 aromatic heterocycles. The van der Waals surface area contributed by atoms with Crippen LogP contribution in [-0.4, -0.2) is 28.5 Å². The molecule has 1 aliphatic rings. The van der Waals surface area contributed by atoms with Crippen molar-refractivity contribution >= 4 is 0 Å². The van der Waals surface area contributed by atoms with Crippen molar-refractivity contribution in [1.29, 1.82) is 0 Å². The van der Waals surface area contributed by atoms with Gasteiger partial charge in [-0.1, -0.05) is 13.3 Å². The largest absolute Gasteiger partial charge is 0.296 e. The van der Waals surface area contributed by atoms with Crippen LogP contribution in [0.15, 0.2) is 18.5 Å². The van der Waals surface area contributed by atoms with E-state index in [1.807, 2.05) is 0 Å². The van der Waals surface area contributed by atoms with Crippen molar-refractivity contribution in [2.75, 3.05) is 13.1 Å². The average Bonchev–Trinajstić information content (AvgIpc) is 2.50. The van der Waals surface area contributed by atoms with Gasteiger partial charge < -0.3 is 0 Å². The summed E-state index contributed by atoms with van der Waals surface area (Å²) in [6, 6.07) is 1.48. The zero-order chi connectivity index (χ0) is 14.6. The lowest BCUT2D eigenvalue weighted by atomic mass is 9.82. The van der Waals surface area contributed by atoms with Crippen LogP contribution >= 0.6 is 0 Å². The molecule has 20 heavy (non-hydrogen) atoms. The molecule has 0 bridgehead atoms. The highest BCUT2D eigenvalue weighted by Gasteiger charge is 2.40. The summed E-state index contributed by atoms with van der Waals surface area (Å²) in [6.45, 7) is 6.41. The Morgan fingerprint density at radius 1 is 1.45 bits per heavy atom. The molecule has 0 aromatic carbocycles. The third kappa shape index (κ3) is 2.85. The second-order valence-electron chi connectivity index (χ2n) is 5.76. The van der Waals surface area contributed by atoms with Crippen LogP contribution in [0.1, 0.15) is 51.1 Å². The van der Waals surface area contributed by atoms with Gasteiger partial charge in [0.05, 0.1) is 12.2 Å². The van der Waals surface area contributed by atoms with Gasteiger partial charge in [0.25, 0.3) is 0 Å². The highest BCUT2D eigenvalue weighted by Crippen LogP contribution is 2.36. The third-order valence-corrected chi connectivity index (χ3v) is 4.70. The number of rotatable bonds is 5. The van der Waals surface area contributed by atoms with Gasteiger partial charge in [-0.25, -0.2) is 4.39 Å². The minimum absolute atomic E-state index is 0.197. The number of hydrazine groups is 1. The van der Waals surface area contributed by atoms with Crippen LogP contribution in [0.3, 0.4) is 0 Å². The molecule has 2 atom stereocenters. The molecule has 0 saturated carbocycles. The van der Waals surface area contributed by atoms with Gasteiger partial charge in [-0.05, 0) is 45.3 Å². The number of nitrogens with one attached hydrogen (secondary N) is 1. The maximum absolute atomic E-state index is 14.1. The predicted octanol–water partition coefficient (Wildman–Crippen LogP) is 2.38. The fourth-order valence-corrected chi connectivity index (χ4v) is 3.24. The van der Waals surface area contributed by atoms with E-state index in [4.69, 9.17) is 5.84 Å². The molecule has 0 spiro atoms. The highest BCUT2D eigenvalue weighted by atomic mass is 19.1. The van der Waals surface area contributed by atoms with Gasteiger partial charge in [0.15, 0.2) is 0 Å². The van der Waals surface area contributed by atoms with E-state index in [9.17, 15) is 4.39 Å². The van der Waals surface area contributed by atoms with E-state index in [0.29, 0.717) is 5.56 Å². The van der Waals surface area contributed by atoms with Crippen molar-refractivity contribution in [3.05, 3.63) is 29.8 Å². The number of halogens is 1. The third-order valence-electron chi connectivity index (χ3n) is 4.70. The van der Waals surface area contributed by atoms with E-state index in [-0.39, 0.29) is 17.4 Å². The molecule has 2 rings (SSSR count). The summed E-state index contributed by atoms with van der Waals surface area (Å²) in [5, 5.41) is 0. The number of nitrogens with zero attached hydrogens (tertiary/aromatic N) is 2. The van der Waals surface area contributed by atoms with Crippen molar-refractivity contribution in [2.24, 2.45) is 5.84 Å². The van der Waals surface area contributed by atoms with E-state index in [1.54, 1.807) is 12.3 Å². The van der Waals surface area contributed by atoms with Crippen LogP contribution in [-0.2, 0) is 0 Å². The fourth-order valence-electron chi connectivity index (χ4n) is 3.24. The van der Waals surface area contributed by atoms with Crippen molar-refractivity contribution < 1.29 is 4.39 Å². The first-order valence-corrected chi connectivity index (χ1v) is 7.44. The van der Waals surface area contributed by atoms with E-state index in [1.165, 1.54) is 25.5 Å². The highest BCUT2D eigenvalue weighted by molar-refractivity contribution is 5.22. The van der Waals surface area contributed by atoms with Gasteiger partial charge in [0.2, 0.25) is 0 Å². The number of pyridine rings is 1. The number of nitrogens with two attached hydrogens (primary N) is 1. The SMILES string of the molecule is CCC(C)(C(NN)c1ccncc1F)N1CCCCC1. The topological polar surface area (TPSA) is 54.2 Å². The fraction of sp³-hybridized carbons (Fsp3) is 0.667. The summed E-state index contributed by atoms with van der Waals surface area (Å²) >= 11 is 0. The summed E-state index contributed by atoms with van der Waals surface area (Å²) in [4.78, 5) is 6.27. The average molecular weight is 280 g/mol. The quantitative estimate of drug-likeness (QED) is 0.642. The second kappa shape index (κ2) is 6.61. The zero-order valence-electron chi connectivity index (χ0n) is 12.4. The first kappa shape index (κ1) is 15.4. The van der Waals surface area contributed by atoms with Crippen LogP contribution < -0.4 is 11.3 Å². The normalized spacial score (nSPS) is 21.4. The van der Waals surface area contributed by atoms with E-state index >= 15 is 0 Å². The molecular formula is C15H25FN4. The van der Waals surface area contributed by atoms with Gasteiger partial charge in [0.1, 0.15) is 5.82 Å².